The minimum atomic E-state index is -3.47. The molecule has 1 rings (SSSR count). The second kappa shape index (κ2) is 6.95. The minimum absolute atomic E-state index is 0.180. The van der Waals surface area contributed by atoms with Crippen molar-refractivity contribution < 1.29 is 13.2 Å². The molecule has 17 heavy (non-hydrogen) atoms. The number of H-pyrrole nitrogens is 1. The molecule has 2 N–H and O–H groups in total. The molecule has 0 aliphatic rings. The van der Waals surface area contributed by atoms with Gasteiger partial charge in [0, 0.05) is 19.0 Å². The first-order valence-electron chi connectivity index (χ1n) is 5.21. The van der Waals surface area contributed by atoms with E-state index in [4.69, 9.17) is 16.3 Å². The number of sulfonamides is 1. The highest BCUT2D eigenvalue weighted by Crippen LogP contribution is 2.10. The predicted molar refractivity (Wildman–Crippen MR) is 64.7 cm³/mol. The van der Waals surface area contributed by atoms with Gasteiger partial charge in [-0.05, 0) is 13.3 Å². The lowest BCUT2D eigenvalue weighted by Crippen LogP contribution is -2.25. The Labute approximate surface area is 106 Å². The number of alkyl halides is 1. The first-order chi connectivity index (χ1) is 8.08. The maximum Gasteiger partial charge on any atom is 0.243 e. The fraction of sp³-hybridized carbons (Fsp3) is 0.667. The van der Waals surface area contributed by atoms with Gasteiger partial charge in [-0.25, -0.2) is 13.1 Å². The van der Waals surface area contributed by atoms with Crippen molar-refractivity contribution in [2.45, 2.75) is 18.2 Å². The monoisotopic (exact) mass is 281 g/mol. The number of aromatic nitrogens is 2. The van der Waals surface area contributed by atoms with Crippen LogP contribution in [0.5, 0.6) is 0 Å². The molecule has 0 saturated carbocycles. The van der Waals surface area contributed by atoms with E-state index in [1.54, 1.807) is 6.92 Å². The van der Waals surface area contributed by atoms with Crippen molar-refractivity contribution in [3.63, 3.8) is 0 Å². The molecule has 0 radical (unpaired) electrons. The zero-order valence-electron chi connectivity index (χ0n) is 9.57. The third kappa shape index (κ3) is 4.63. The van der Waals surface area contributed by atoms with Crippen molar-refractivity contribution >= 4 is 21.6 Å². The van der Waals surface area contributed by atoms with Crippen molar-refractivity contribution in [2.24, 2.45) is 0 Å². The van der Waals surface area contributed by atoms with E-state index in [-0.39, 0.29) is 4.90 Å². The van der Waals surface area contributed by atoms with E-state index in [0.717, 1.165) is 0 Å². The zero-order chi connectivity index (χ0) is 12.7. The molecule has 1 heterocycles. The van der Waals surface area contributed by atoms with Crippen molar-refractivity contribution in [3.05, 3.63) is 11.9 Å². The summed E-state index contributed by atoms with van der Waals surface area (Å²) in [6.07, 6.45) is 1.90. The van der Waals surface area contributed by atoms with Crippen LogP contribution in [0.25, 0.3) is 0 Å². The van der Waals surface area contributed by atoms with Crippen molar-refractivity contribution in [1.29, 1.82) is 0 Å². The molecule has 1 aromatic heterocycles. The Bertz CT molecular complexity index is 432. The summed E-state index contributed by atoms with van der Waals surface area (Å²) in [6.45, 7) is 2.95. The maximum atomic E-state index is 11.8. The number of nitrogens with one attached hydrogen (secondary N) is 2. The van der Waals surface area contributed by atoms with Gasteiger partial charge < -0.3 is 4.74 Å². The molecule has 0 saturated heterocycles. The van der Waals surface area contributed by atoms with Gasteiger partial charge in [0.1, 0.15) is 4.90 Å². The summed E-state index contributed by atoms with van der Waals surface area (Å²) in [4.78, 5) is 0.180. The van der Waals surface area contributed by atoms with E-state index in [1.807, 2.05) is 0 Å². The second-order valence-corrected chi connectivity index (χ2v) is 5.53. The van der Waals surface area contributed by atoms with E-state index >= 15 is 0 Å². The van der Waals surface area contributed by atoms with Gasteiger partial charge in [-0.2, -0.15) is 5.10 Å². The van der Waals surface area contributed by atoms with Crippen molar-refractivity contribution in [2.75, 3.05) is 25.6 Å². The molecule has 0 fully saturated rings. The standard InChI is InChI=1S/C9H16ClN3O3S/c1-8-9(7-11-13-8)17(14,15)12-4-2-5-16-6-3-10/h7,12H,2-6H2,1H3,(H,11,13). The number of halogens is 1. The highest BCUT2D eigenvalue weighted by molar-refractivity contribution is 7.89. The van der Waals surface area contributed by atoms with Gasteiger partial charge in [-0.15, -0.1) is 11.6 Å². The predicted octanol–water partition coefficient (Wildman–Crippen LogP) is 0.642. The molecule has 0 aromatic carbocycles. The van der Waals surface area contributed by atoms with E-state index in [1.165, 1.54) is 6.20 Å². The summed E-state index contributed by atoms with van der Waals surface area (Å²) in [5.41, 5.74) is 0.524. The van der Waals surface area contributed by atoms with E-state index in [9.17, 15) is 8.42 Å². The summed E-state index contributed by atoms with van der Waals surface area (Å²) < 4.78 is 31.1. The summed E-state index contributed by atoms with van der Waals surface area (Å²) in [5.74, 6) is 0.444. The number of hydrogen-bond acceptors (Lipinski definition) is 4. The summed E-state index contributed by atoms with van der Waals surface area (Å²) in [7, 11) is -3.47. The van der Waals surface area contributed by atoms with Crippen LogP contribution in [-0.4, -0.2) is 44.3 Å². The van der Waals surface area contributed by atoms with E-state index < -0.39 is 10.0 Å². The molecule has 0 aliphatic heterocycles. The van der Waals surface area contributed by atoms with Gasteiger partial charge >= 0.3 is 0 Å². The Hall–Kier alpha value is -0.630. The number of aryl methyl sites for hydroxylation is 1. The molecule has 6 nitrogen and oxygen atoms in total. The van der Waals surface area contributed by atoms with Crippen molar-refractivity contribution in [3.8, 4) is 0 Å². The van der Waals surface area contributed by atoms with Crippen LogP contribution in [0, 0.1) is 6.92 Å². The van der Waals surface area contributed by atoms with Crippen LogP contribution in [0.4, 0.5) is 0 Å². The molecule has 0 amide bonds. The first-order valence-corrected chi connectivity index (χ1v) is 7.23. The van der Waals surface area contributed by atoms with Crippen LogP contribution in [0.1, 0.15) is 12.1 Å². The number of nitrogens with zero attached hydrogens (tertiary/aromatic N) is 1. The number of ether oxygens (including phenoxy) is 1. The largest absolute Gasteiger partial charge is 0.380 e. The number of aromatic amines is 1. The van der Waals surface area contributed by atoms with Gasteiger partial charge in [-0.1, -0.05) is 0 Å². The van der Waals surface area contributed by atoms with Crippen LogP contribution in [0.2, 0.25) is 0 Å². The van der Waals surface area contributed by atoms with Gasteiger partial charge in [0.2, 0.25) is 10.0 Å². The molecule has 0 atom stereocenters. The van der Waals surface area contributed by atoms with Crippen LogP contribution >= 0.6 is 11.6 Å². The SMILES string of the molecule is Cc1[nH]ncc1S(=O)(=O)NCCCOCCCl. The van der Waals surface area contributed by atoms with Gasteiger partial charge in [0.15, 0.2) is 0 Å². The average molecular weight is 282 g/mol. The first kappa shape index (κ1) is 14.4. The normalized spacial score (nSPS) is 11.9. The topological polar surface area (TPSA) is 84.1 Å². The average Bonchev–Trinajstić information content (AvgIpc) is 2.70. The molecule has 1 aromatic rings. The molecule has 0 spiro atoms. The molecule has 0 aliphatic carbocycles. The summed E-state index contributed by atoms with van der Waals surface area (Å²) in [6, 6.07) is 0. The second-order valence-electron chi connectivity index (χ2n) is 3.41. The fourth-order valence-electron chi connectivity index (χ4n) is 1.23. The summed E-state index contributed by atoms with van der Waals surface area (Å²) in [5, 5.41) is 6.26. The van der Waals surface area contributed by atoms with Crippen molar-refractivity contribution in [1.82, 2.24) is 14.9 Å². The van der Waals surface area contributed by atoms with Gasteiger partial charge in [0.05, 0.1) is 18.5 Å². The van der Waals surface area contributed by atoms with Gasteiger partial charge in [-0.3, -0.25) is 5.10 Å². The molecule has 0 bridgehead atoms. The Morgan fingerprint density at radius 3 is 2.88 bits per heavy atom. The molecule has 8 heteroatoms. The third-order valence-corrected chi connectivity index (χ3v) is 3.78. The fourth-order valence-corrected chi connectivity index (χ4v) is 2.54. The molecule has 98 valence electrons. The summed E-state index contributed by atoms with van der Waals surface area (Å²) >= 11 is 5.42. The Morgan fingerprint density at radius 1 is 1.53 bits per heavy atom. The van der Waals surface area contributed by atoms with Crippen LogP contribution in [-0.2, 0) is 14.8 Å². The highest BCUT2D eigenvalue weighted by Gasteiger charge is 2.17. The smallest absolute Gasteiger partial charge is 0.243 e. The Kier molecular flexibility index (Phi) is 5.90. The highest BCUT2D eigenvalue weighted by atomic mass is 35.5. The third-order valence-electron chi connectivity index (χ3n) is 2.05. The van der Waals surface area contributed by atoms with E-state index in [2.05, 4.69) is 14.9 Å². The van der Waals surface area contributed by atoms with Crippen LogP contribution in [0.3, 0.4) is 0 Å². The van der Waals surface area contributed by atoms with Gasteiger partial charge in [0.25, 0.3) is 0 Å². The Balaban J connectivity index is 2.34. The van der Waals surface area contributed by atoms with E-state index in [0.29, 0.717) is 37.8 Å². The maximum absolute atomic E-state index is 11.8. The molecular weight excluding hydrogens is 266 g/mol. The zero-order valence-corrected chi connectivity index (χ0v) is 11.1. The van der Waals surface area contributed by atoms with Crippen LogP contribution in [0.15, 0.2) is 11.1 Å². The number of hydrogen-bond donors (Lipinski definition) is 2. The van der Waals surface area contributed by atoms with Crippen LogP contribution < -0.4 is 4.72 Å². The lowest BCUT2D eigenvalue weighted by molar-refractivity contribution is 0.147. The Morgan fingerprint density at radius 2 is 2.29 bits per heavy atom. The molecule has 0 unspecified atom stereocenters. The lowest BCUT2D eigenvalue weighted by Gasteiger charge is -2.05. The lowest BCUT2D eigenvalue weighted by atomic mass is 10.5. The minimum Gasteiger partial charge on any atom is -0.380 e. The quantitative estimate of drug-likeness (QED) is 0.541. The number of rotatable bonds is 8. The molecular formula is C9H16ClN3O3S.